The molecule has 2 aliphatic rings. The van der Waals surface area contributed by atoms with Crippen molar-refractivity contribution in [1.29, 1.82) is 0 Å². The molecule has 1 N–H and O–H groups in total. The normalized spacial score (nSPS) is 20.0. The van der Waals surface area contributed by atoms with Crippen molar-refractivity contribution in [1.82, 2.24) is 19.6 Å². The summed E-state index contributed by atoms with van der Waals surface area (Å²) in [5.41, 5.74) is 0.456. The third-order valence-electron chi connectivity index (χ3n) is 7.17. The van der Waals surface area contributed by atoms with Gasteiger partial charge < -0.3 is 10.2 Å². The lowest BCUT2D eigenvalue weighted by Crippen LogP contribution is -2.51. The van der Waals surface area contributed by atoms with Crippen molar-refractivity contribution in [3.05, 3.63) is 47.9 Å². The Bertz CT molecular complexity index is 983. The molecular formula is C26H36FN5O2. The van der Waals surface area contributed by atoms with E-state index in [2.05, 4.69) is 15.3 Å². The van der Waals surface area contributed by atoms with E-state index in [1.807, 2.05) is 29.5 Å². The van der Waals surface area contributed by atoms with Gasteiger partial charge in [0.05, 0.1) is 19.2 Å². The fourth-order valence-electron chi connectivity index (χ4n) is 5.39. The van der Waals surface area contributed by atoms with Crippen molar-refractivity contribution in [3.63, 3.8) is 0 Å². The quantitative estimate of drug-likeness (QED) is 0.668. The van der Waals surface area contributed by atoms with E-state index in [0.717, 1.165) is 38.0 Å². The highest BCUT2D eigenvalue weighted by Crippen LogP contribution is 2.31. The number of hydrogen-bond acceptors (Lipinski definition) is 4. The average molecular weight is 470 g/mol. The summed E-state index contributed by atoms with van der Waals surface area (Å²) in [5.74, 6) is 0.859. The molecule has 2 amide bonds. The lowest BCUT2D eigenvalue weighted by molar-refractivity contribution is -0.132. The molecule has 34 heavy (non-hydrogen) atoms. The summed E-state index contributed by atoms with van der Waals surface area (Å²) in [6.45, 7) is 6.77. The summed E-state index contributed by atoms with van der Waals surface area (Å²) in [7, 11) is 0. The molecule has 2 fully saturated rings. The fourth-order valence-corrected chi connectivity index (χ4v) is 5.39. The molecule has 1 atom stereocenters. The van der Waals surface area contributed by atoms with Gasteiger partial charge in [0.15, 0.2) is 0 Å². The van der Waals surface area contributed by atoms with Crippen LogP contribution in [-0.4, -0.2) is 63.6 Å². The zero-order valence-electron chi connectivity index (χ0n) is 20.3. The highest BCUT2D eigenvalue weighted by Gasteiger charge is 2.34. The third kappa shape index (κ3) is 5.84. The molecule has 4 rings (SSSR count). The van der Waals surface area contributed by atoms with Crippen molar-refractivity contribution in [2.24, 2.45) is 5.92 Å². The minimum Gasteiger partial charge on any atom is -0.342 e. The van der Waals surface area contributed by atoms with Crippen LogP contribution in [0.25, 0.3) is 0 Å². The van der Waals surface area contributed by atoms with Gasteiger partial charge in [-0.15, -0.1) is 0 Å². The SMILES string of the molecule is CC(C)n1nccc1NC(=O)CN1CCCC[C@@H]1C1CCN(C(=O)Cc2ccccc2F)CC1. The van der Waals surface area contributed by atoms with Crippen LogP contribution in [0, 0.1) is 11.7 Å². The van der Waals surface area contributed by atoms with E-state index in [-0.39, 0.29) is 30.1 Å². The topological polar surface area (TPSA) is 70.5 Å². The Morgan fingerprint density at radius 3 is 2.59 bits per heavy atom. The maximum absolute atomic E-state index is 13.9. The van der Waals surface area contributed by atoms with Crippen LogP contribution in [0.1, 0.15) is 57.6 Å². The van der Waals surface area contributed by atoms with E-state index in [9.17, 15) is 14.0 Å². The van der Waals surface area contributed by atoms with E-state index in [1.165, 1.54) is 12.5 Å². The Kier molecular flexibility index (Phi) is 7.98. The minimum atomic E-state index is -0.321. The molecule has 0 spiro atoms. The van der Waals surface area contributed by atoms with Gasteiger partial charge in [-0.2, -0.15) is 5.10 Å². The Hall–Kier alpha value is -2.74. The molecule has 0 bridgehead atoms. The maximum atomic E-state index is 13.9. The first-order valence-electron chi connectivity index (χ1n) is 12.5. The average Bonchev–Trinajstić information content (AvgIpc) is 3.29. The van der Waals surface area contributed by atoms with Crippen LogP contribution in [-0.2, 0) is 16.0 Å². The van der Waals surface area contributed by atoms with E-state index in [1.54, 1.807) is 24.4 Å². The van der Waals surface area contributed by atoms with Crippen LogP contribution in [0.15, 0.2) is 36.5 Å². The summed E-state index contributed by atoms with van der Waals surface area (Å²) >= 11 is 0. The van der Waals surface area contributed by atoms with Crippen LogP contribution >= 0.6 is 0 Å². The van der Waals surface area contributed by atoms with Crippen molar-refractivity contribution >= 4 is 17.6 Å². The number of hydrogen-bond donors (Lipinski definition) is 1. The van der Waals surface area contributed by atoms with Gasteiger partial charge in [-0.25, -0.2) is 9.07 Å². The molecule has 1 aromatic carbocycles. The number of likely N-dealkylation sites (tertiary alicyclic amines) is 2. The number of aromatic nitrogens is 2. The second-order valence-corrected chi connectivity index (χ2v) is 9.82. The zero-order chi connectivity index (χ0) is 24.1. The molecule has 184 valence electrons. The molecule has 2 aromatic rings. The minimum absolute atomic E-state index is 0.00759. The highest BCUT2D eigenvalue weighted by molar-refractivity contribution is 5.91. The first-order valence-corrected chi connectivity index (χ1v) is 12.5. The molecular weight excluding hydrogens is 433 g/mol. The highest BCUT2D eigenvalue weighted by atomic mass is 19.1. The first kappa shape index (κ1) is 24.4. The monoisotopic (exact) mass is 469 g/mol. The van der Waals surface area contributed by atoms with Gasteiger partial charge in [-0.1, -0.05) is 24.6 Å². The Balaban J connectivity index is 1.30. The van der Waals surface area contributed by atoms with Gasteiger partial charge in [0.2, 0.25) is 11.8 Å². The summed E-state index contributed by atoms with van der Waals surface area (Å²) in [5, 5.41) is 7.32. The van der Waals surface area contributed by atoms with Gasteiger partial charge in [-0.05, 0) is 63.6 Å². The van der Waals surface area contributed by atoms with Gasteiger partial charge in [0.25, 0.3) is 0 Å². The molecule has 0 radical (unpaired) electrons. The van der Waals surface area contributed by atoms with Gasteiger partial charge in [0.1, 0.15) is 11.6 Å². The molecule has 2 saturated heterocycles. The van der Waals surface area contributed by atoms with Gasteiger partial charge in [0, 0.05) is 31.2 Å². The summed E-state index contributed by atoms with van der Waals surface area (Å²) in [6, 6.07) is 8.86. The molecule has 0 saturated carbocycles. The van der Waals surface area contributed by atoms with E-state index in [4.69, 9.17) is 0 Å². The summed E-state index contributed by atoms with van der Waals surface area (Å²) in [4.78, 5) is 29.8. The second-order valence-electron chi connectivity index (χ2n) is 9.82. The van der Waals surface area contributed by atoms with Crippen LogP contribution in [0.2, 0.25) is 0 Å². The first-order chi connectivity index (χ1) is 16.4. The molecule has 1 aromatic heterocycles. The number of rotatable bonds is 7. The van der Waals surface area contributed by atoms with Crippen molar-refractivity contribution in [2.75, 3.05) is 31.5 Å². The number of anilines is 1. The standard InChI is InChI=1S/C26H36FN5O2/c1-19(2)32-24(10-13-28-32)29-25(33)18-31-14-6-5-9-23(31)20-11-15-30(16-12-20)26(34)17-21-7-3-4-8-22(21)27/h3-4,7-8,10,13,19-20,23H,5-6,9,11-12,14-18H2,1-2H3,(H,29,33)/t23-/m1/s1. The van der Waals surface area contributed by atoms with Crippen molar-refractivity contribution in [2.45, 2.75) is 64.5 Å². The third-order valence-corrected chi connectivity index (χ3v) is 7.17. The molecule has 0 unspecified atom stereocenters. The van der Waals surface area contributed by atoms with Crippen LogP contribution < -0.4 is 5.32 Å². The predicted molar refractivity (Wildman–Crippen MR) is 130 cm³/mol. The maximum Gasteiger partial charge on any atom is 0.239 e. The van der Waals surface area contributed by atoms with Crippen LogP contribution in [0.5, 0.6) is 0 Å². The van der Waals surface area contributed by atoms with Gasteiger partial charge in [-0.3, -0.25) is 14.5 Å². The summed E-state index contributed by atoms with van der Waals surface area (Å²) < 4.78 is 15.8. The molecule has 2 aliphatic heterocycles. The van der Waals surface area contributed by atoms with Crippen molar-refractivity contribution in [3.8, 4) is 0 Å². The molecule has 3 heterocycles. The molecule has 8 heteroatoms. The fraction of sp³-hybridized carbons (Fsp3) is 0.577. The largest absolute Gasteiger partial charge is 0.342 e. The predicted octanol–water partition coefficient (Wildman–Crippen LogP) is 3.88. The number of benzene rings is 1. The number of nitrogens with one attached hydrogen (secondary N) is 1. The molecule has 7 nitrogen and oxygen atoms in total. The van der Waals surface area contributed by atoms with Crippen molar-refractivity contribution < 1.29 is 14.0 Å². The number of amides is 2. The number of carbonyl (C=O) groups excluding carboxylic acids is 2. The Morgan fingerprint density at radius 2 is 1.85 bits per heavy atom. The Morgan fingerprint density at radius 1 is 1.09 bits per heavy atom. The number of piperidine rings is 2. The lowest BCUT2D eigenvalue weighted by atomic mass is 9.83. The van der Waals surface area contributed by atoms with Crippen LogP contribution in [0.4, 0.5) is 10.2 Å². The molecule has 0 aliphatic carbocycles. The number of nitrogens with zero attached hydrogens (tertiary/aromatic N) is 4. The zero-order valence-corrected chi connectivity index (χ0v) is 20.3. The van der Waals surface area contributed by atoms with E-state index in [0.29, 0.717) is 37.2 Å². The lowest BCUT2D eigenvalue weighted by Gasteiger charge is -2.43. The second kappa shape index (κ2) is 11.1. The van der Waals surface area contributed by atoms with E-state index < -0.39 is 0 Å². The Labute approximate surface area is 201 Å². The number of carbonyl (C=O) groups is 2. The van der Waals surface area contributed by atoms with Crippen LogP contribution in [0.3, 0.4) is 0 Å². The van der Waals surface area contributed by atoms with E-state index >= 15 is 0 Å². The summed E-state index contributed by atoms with van der Waals surface area (Å²) in [6.07, 6.45) is 7.03. The number of halogens is 1. The smallest absolute Gasteiger partial charge is 0.239 e. The van der Waals surface area contributed by atoms with Gasteiger partial charge >= 0.3 is 0 Å².